The monoisotopic (exact) mass is 700 g/mol. The van der Waals surface area contributed by atoms with Crippen LogP contribution >= 0.6 is 0 Å². The van der Waals surface area contributed by atoms with Crippen molar-refractivity contribution in [3.63, 3.8) is 0 Å². The number of hydrogen-bond acceptors (Lipinski definition) is 6. The van der Waals surface area contributed by atoms with Crippen molar-refractivity contribution >= 4 is 35.4 Å². The molecule has 6 amide bonds. The molecule has 49 heavy (non-hydrogen) atoms. The van der Waals surface area contributed by atoms with Crippen molar-refractivity contribution < 1.29 is 41.9 Å². The number of carbonyl (C=O) groups excluding carboxylic acids is 6. The molecule has 0 aromatic rings. The highest BCUT2D eigenvalue weighted by Crippen LogP contribution is 2.32. The van der Waals surface area contributed by atoms with Gasteiger partial charge >= 0.3 is 18.1 Å². The smallest absolute Gasteiger partial charge is 0.363 e. The van der Waals surface area contributed by atoms with E-state index < -0.39 is 83.2 Å². The topological polar surface area (TPSA) is 171 Å². The first-order valence-electron chi connectivity index (χ1n) is 16.8. The lowest BCUT2D eigenvalue weighted by molar-refractivity contribution is -0.184. The maximum absolute atomic E-state index is 14.3. The van der Waals surface area contributed by atoms with E-state index in [1.165, 1.54) is 4.90 Å². The minimum Gasteiger partial charge on any atom is -0.363 e. The van der Waals surface area contributed by atoms with Crippen molar-refractivity contribution in [2.24, 2.45) is 34.3 Å². The van der Waals surface area contributed by atoms with E-state index in [0.29, 0.717) is 4.90 Å². The van der Waals surface area contributed by atoms with Gasteiger partial charge in [-0.3, -0.25) is 24.0 Å². The fourth-order valence-corrected chi connectivity index (χ4v) is 5.87. The number of allylic oxidation sites excluding steroid dienone is 1. The molecule has 1 heterocycles. The third-order valence-corrected chi connectivity index (χ3v) is 9.14. The molecule has 2 aliphatic rings. The predicted molar refractivity (Wildman–Crippen MR) is 178 cm³/mol. The fraction of sp³-hybridized carbons (Fsp3) is 0.765. The zero-order valence-electron chi connectivity index (χ0n) is 30.2. The molecule has 1 unspecified atom stereocenters. The third kappa shape index (κ3) is 12.0. The van der Waals surface area contributed by atoms with Gasteiger partial charge < -0.3 is 31.5 Å². The minimum atomic E-state index is -5.09. The average Bonchev–Trinajstić information content (AvgIpc) is 3.37. The van der Waals surface area contributed by atoms with Crippen LogP contribution in [-0.4, -0.2) is 95.7 Å². The van der Waals surface area contributed by atoms with Gasteiger partial charge in [0.15, 0.2) is 0 Å². The molecule has 0 aromatic carbocycles. The minimum absolute atomic E-state index is 0.141. The first kappa shape index (κ1) is 41.5. The molecule has 12 nitrogen and oxygen atoms in total. The normalized spacial score (nSPS) is 20.7. The van der Waals surface area contributed by atoms with Crippen molar-refractivity contribution in [3.8, 4) is 0 Å². The van der Waals surface area contributed by atoms with Gasteiger partial charge in [-0.1, -0.05) is 86.8 Å². The Morgan fingerprint density at radius 3 is 1.98 bits per heavy atom. The van der Waals surface area contributed by atoms with Gasteiger partial charge in [0.25, 0.3) is 5.91 Å². The van der Waals surface area contributed by atoms with Crippen LogP contribution in [0.3, 0.4) is 0 Å². The van der Waals surface area contributed by atoms with Crippen LogP contribution in [0.25, 0.3) is 0 Å². The van der Waals surface area contributed by atoms with E-state index in [4.69, 9.17) is 5.73 Å². The van der Waals surface area contributed by atoms with Crippen LogP contribution < -0.4 is 21.7 Å². The molecule has 5 atom stereocenters. The summed E-state index contributed by atoms with van der Waals surface area (Å²) >= 11 is 0. The van der Waals surface area contributed by atoms with Gasteiger partial charge in [0, 0.05) is 20.1 Å². The van der Waals surface area contributed by atoms with E-state index in [1.54, 1.807) is 41.5 Å². The highest BCUT2D eigenvalue weighted by Gasteiger charge is 2.46. The Balaban J connectivity index is 2.36. The van der Waals surface area contributed by atoms with Gasteiger partial charge in [0.2, 0.25) is 17.6 Å². The first-order valence-corrected chi connectivity index (χ1v) is 16.8. The van der Waals surface area contributed by atoms with E-state index in [0.717, 1.165) is 26.3 Å². The summed E-state index contributed by atoms with van der Waals surface area (Å²) in [5.74, 6) is -5.17. The summed E-state index contributed by atoms with van der Waals surface area (Å²) in [6.07, 6.45) is 2.00. The number of rotatable bonds is 13. The van der Waals surface area contributed by atoms with Gasteiger partial charge in [-0.25, -0.2) is 4.79 Å². The summed E-state index contributed by atoms with van der Waals surface area (Å²) in [6, 6.07) is -5.13. The van der Waals surface area contributed by atoms with Gasteiger partial charge in [-0.2, -0.15) is 13.2 Å². The highest BCUT2D eigenvalue weighted by atomic mass is 19.4. The Hall–Kier alpha value is -3.65. The molecule has 15 heteroatoms. The number of primary amides is 1. The van der Waals surface area contributed by atoms with Crippen LogP contribution in [0.1, 0.15) is 87.5 Å². The molecule has 0 bridgehead atoms. The highest BCUT2D eigenvalue weighted by molar-refractivity contribution is 6.37. The molecule has 0 spiro atoms. The molecule has 2 rings (SSSR count). The van der Waals surface area contributed by atoms with E-state index in [9.17, 15) is 41.9 Å². The number of amides is 6. The number of nitrogens with one attached hydrogen (secondary N) is 3. The lowest BCUT2D eigenvalue weighted by Crippen LogP contribution is -2.62. The van der Waals surface area contributed by atoms with Crippen molar-refractivity contribution in [2.75, 3.05) is 20.1 Å². The van der Waals surface area contributed by atoms with E-state index in [1.807, 2.05) is 26.0 Å². The number of nitrogens with zero attached hydrogens (tertiary/aromatic N) is 2. The number of likely N-dealkylation sites (tertiary alicyclic amines) is 1. The molecule has 1 aliphatic carbocycles. The van der Waals surface area contributed by atoms with Crippen LogP contribution in [0, 0.1) is 28.6 Å². The number of hydrogen-bond donors (Lipinski definition) is 4. The Bertz CT molecular complexity index is 1270. The predicted octanol–water partition coefficient (Wildman–Crippen LogP) is 3.29. The fourth-order valence-electron chi connectivity index (χ4n) is 5.87. The van der Waals surface area contributed by atoms with Crippen molar-refractivity contribution in [1.82, 2.24) is 25.8 Å². The van der Waals surface area contributed by atoms with Crippen LogP contribution in [0.4, 0.5) is 18.0 Å². The number of urea groups is 1. The third-order valence-electron chi connectivity index (χ3n) is 9.14. The zero-order valence-corrected chi connectivity index (χ0v) is 30.2. The molecule has 2 fully saturated rings. The number of Topliss-reactive ketones (excluding diaryl/α,β-unsaturated/α-hetero) is 1. The summed E-state index contributed by atoms with van der Waals surface area (Å²) in [7, 11) is 0.992. The van der Waals surface area contributed by atoms with Crippen LogP contribution in [0.15, 0.2) is 12.2 Å². The van der Waals surface area contributed by atoms with E-state index in [2.05, 4.69) is 16.0 Å². The molecule has 278 valence electrons. The molecule has 0 aromatic heterocycles. The Morgan fingerprint density at radius 1 is 0.939 bits per heavy atom. The maximum Gasteiger partial charge on any atom is 0.471 e. The zero-order chi connectivity index (χ0) is 37.6. The van der Waals surface area contributed by atoms with Gasteiger partial charge in [0.1, 0.15) is 12.1 Å². The summed E-state index contributed by atoms with van der Waals surface area (Å²) in [5, 5.41) is 8.01. The molecule has 1 aliphatic heterocycles. The standard InChI is InChI=1S/C34H55F3N6O6/c1-19(2)13-14-21-16-23(28(46)39-22(25(44)27(38)45)15-20-11-10-12-20)43(17-21)29(47)26(33(6,7)8)41-31(49)40-24(32(3,4)5)18-42(9)30(48)34(35,36)37/h13-14,19-24,26H,10-12,15-18H2,1-9H3,(H2,38,45)(H,39,46)(H2,40,41,49)/b14-13+/t21-,22?,23+,24-,26-/m1/s1. The van der Waals surface area contributed by atoms with Crippen molar-refractivity contribution in [1.29, 1.82) is 0 Å². The second kappa shape index (κ2) is 16.4. The Kier molecular flexibility index (Phi) is 13.9. The number of nitrogens with two attached hydrogens (primary N) is 1. The number of ketones is 1. The van der Waals surface area contributed by atoms with E-state index in [-0.39, 0.29) is 37.1 Å². The molecular formula is C34H55F3N6O6. The second-order valence-electron chi connectivity index (χ2n) is 16.0. The second-order valence-corrected chi connectivity index (χ2v) is 16.0. The Morgan fingerprint density at radius 2 is 1.53 bits per heavy atom. The van der Waals surface area contributed by atoms with E-state index >= 15 is 0 Å². The molecule has 0 radical (unpaired) electrons. The summed E-state index contributed by atoms with van der Waals surface area (Å²) in [6.45, 7) is 13.9. The molecule has 1 saturated heterocycles. The van der Waals surface area contributed by atoms with Crippen LogP contribution in [0.2, 0.25) is 0 Å². The number of likely N-dealkylation sites (N-methyl/N-ethyl adjacent to an activating group) is 1. The van der Waals surface area contributed by atoms with Gasteiger partial charge in [-0.05, 0) is 41.4 Å². The summed E-state index contributed by atoms with van der Waals surface area (Å²) < 4.78 is 39.2. The van der Waals surface area contributed by atoms with Gasteiger partial charge in [-0.15, -0.1) is 0 Å². The largest absolute Gasteiger partial charge is 0.471 e. The van der Waals surface area contributed by atoms with Crippen molar-refractivity contribution in [2.45, 2.75) is 118 Å². The molecule has 1 saturated carbocycles. The SMILES string of the molecule is CC(C)/C=C/[C@@H]1C[C@@H](C(=O)NC(CC2CCC2)C(=O)C(N)=O)N(C(=O)[C@@H](NC(=O)N[C@H](CN(C)C(=O)C(F)(F)F)C(C)(C)C)C(C)(C)C)C1. The quantitative estimate of drug-likeness (QED) is 0.170. The number of carbonyl (C=O) groups is 6. The number of alkyl halides is 3. The molecule has 5 N–H and O–H groups in total. The van der Waals surface area contributed by atoms with Crippen molar-refractivity contribution in [3.05, 3.63) is 12.2 Å². The average molecular weight is 701 g/mol. The summed E-state index contributed by atoms with van der Waals surface area (Å²) in [5.41, 5.74) is 3.61. The van der Waals surface area contributed by atoms with Crippen LogP contribution in [0.5, 0.6) is 0 Å². The molecular weight excluding hydrogens is 645 g/mol. The lowest BCUT2D eigenvalue weighted by atomic mass is 9.80. The Labute approximate surface area is 287 Å². The first-order chi connectivity index (χ1) is 22.3. The van der Waals surface area contributed by atoms with Gasteiger partial charge in [0.05, 0.1) is 12.1 Å². The lowest BCUT2D eigenvalue weighted by Gasteiger charge is -2.38. The van der Waals surface area contributed by atoms with Crippen LogP contribution in [-0.2, 0) is 24.0 Å². The number of halogens is 3. The maximum atomic E-state index is 14.3. The summed E-state index contributed by atoms with van der Waals surface area (Å²) in [4.78, 5) is 79.7.